The van der Waals surface area contributed by atoms with E-state index in [1.807, 2.05) is 37.3 Å². The Kier molecular flexibility index (Phi) is 3.93. The number of halogens is 1. The molecule has 0 radical (unpaired) electrons. The Bertz CT molecular complexity index is 581. The van der Waals surface area contributed by atoms with Crippen LogP contribution in [0.5, 0.6) is 0 Å². The third-order valence-electron chi connectivity index (χ3n) is 2.44. The van der Waals surface area contributed by atoms with Crippen LogP contribution in [0.3, 0.4) is 0 Å². The molecule has 3 N–H and O–H groups in total. The van der Waals surface area contributed by atoms with Gasteiger partial charge in [0.2, 0.25) is 0 Å². The number of pyridine rings is 1. The van der Waals surface area contributed by atoms with E-state index >= 15 is 0 Å². The maximum absolute atomic E-state index is 5.70. The lowest BCUT2D eigenvalue weighted by Gasteiger charge is -2.11. The Labute approximate surface area is 120 Å². The summed E-state index contributed by atoms with van der Waals surface area (Å²) in [5.41, 5.74) is 9.26. The molecule has 0 atom stereocenters. The molecule has 0 saturated carbocycles. The van der Waals surface area contributed by atoms with Gasteiger partial charge in [0.25, 0.3) is 0 Å². The molecule has 92 valence electrons. The van der Waals surface area contributed by atoms with Crippen molar-refractivity contribution in [3.63, 3.8) is 0 Å². The van der Waals surface area contributed by atoms with Crippen molar-refractivity contribution in [2.75, 3.05) is 5.32 Å². The lowest BCUT2D eigenvalue weighted by molar-refractivity contribution is 1.20. The molecule has 0 bridgehead atoms. The summed E-state index contributed by atoms with van der Waals surface area (Å²) in [6, 6.07) is 9.64. The molecule has 5 heteroatoms. The van der Waals surface area contributed by atoms with E-state index in [0.717, 1.165) is 27.1 Å². The number of nitrogens with zero attached hydrogens (tertiary/aromatic N) is 1. The number of benzene rings is 1. The molecular weight excluding hydrogens is 310 g/mol. The van der Waals surface area contributed by atoms with Crippen molar-refractivity contribution >= 4 is 44.5 Å². The standard InChI is InChI=1S/C13H12BrN3S/c1-8-2-4-10(7-16-8)17-12-6-9(14)3-5-11(12)13(15)18/h2-7,17H,1H3,(H2,15,18). The highest BCUT2D eigenvalue weighted by molar-refractivity contribution is 9.10. The number of nitrogens with one attached hydrogen (secondary N) is 1. The van der Waals surface area contributed by atoms with E-state index in [-0.39, 0.29) is 0 Å². The van der Waals surface area contributed by atoms with Crippen LogP contribution in [0.25, 0.3) is 0 Å². The Morgan fingerprint density at radius 3 is 2.72 bits per heavy atom. The minimum atomic E-state index is 0.366. The highest BCUT2D eigenvalue weighted by Gasteiger charge is 2.06. The molecule has 0 spiro atoms. The Morgan fingerprint density at radius 2 is 2.11 bits per heavy atom. The molecule has 0 fully saturated rings. The van der Waals surface area contributed by atoms with E-state index in [2.05, 4.69) is 26.2 Å². The number of hydrogen-bond donors (Lipinski definition) is 2. The average Bonchev–Trinajstić information content (AvgIpc) is 2.32. The average molecular weight is 322 g/mol. The first-order valence-electron chi connectivity index (χ1n) is 5.35. The first-order valence-corrected chi connectivity index (χ1v) is 6.55. The zero-order chi connectivity index (χ0) is 13.1. The first kappa shape index (κ1) is 13.0. The second kappa shape index (κ2) is 5.46. The largest absolute Gasteiger partial charge is 0.389 e. The van der Waals surface area contributed by atoms with Crippen molar-refractivity contribution in [2.45, 2.75) is 6.92 Å². The van der Waals surface area contributed by atoms with Gasteiger partial charge in [-0.3, -0.25) is 4.98 Å². The summed E-state index contributed by atoms with van der Waals surface area (Å²) < 4.78 is 0.963. The summed E-state index contributed by atoms with van der Waals surface area (Å²) >= 11 is 8.47. The number of thiocarbonyl (C=S) groups is 1. The fraction of sp³-hybridized carbons (Fsp3) is 0.0769. The maximum Gasteiger partial charge on any atom is 0.106 e. The van der Waals surface area contributed by atoms with Gasteiger partial charge < -0.3 is 11.1 Å². The molecule has 1 heterocycles. The van der Waals surface area contributed by atoms with Crippen LogP contribution >= 0.6 is 28.1 Å². The van der Waals surface area contributed by atoms with Gasteiger partial charge >= 0.3 is 0 Å². The molecule has 0 aliphatic heterocycles. The number of aromatic nitrogens is 1. The molecule has 0 saturated heterocycles. The molecule has 1 aromatic carbocycles. The van der Waals surface area contributed by atoms with Gasteiger partial charge in [-0.2, -0.15) is 0 Å². The number of hydrogen-bond acceptors (Lipinski definition) is 3. The summed E-state index contributed by atoms with van der Waals surface area (Å²) in [6.07, 6.45) is 1.78. The number of anilines is 2. The van der Waals surface area contributed by atoms with Crippen LogP contribution in [0.15, 0.2) is 41.0 Å². The zero-order valence-corrected chi connectivity index (χ0v) is 12.2. The van der Waals surface area contributed by atoms with E-state index in [9.17, 15) is 0 Å². The molecule has 18 heavy (non-hydrogen) atoms. The van der Waals surface area contributed by atoms with E-state index in [4.69, 9.17) is 18.0 Å². The lowest BCUT2D eigenvalue weighted by atomic mass is 10.1. The monoisotopic (exact) mass is 321 g/mol. The van der Waals surface area contributed by atoms with Crippen LogP contribution in [0.4, 0.5) is 11.4 Å². The summed E-state index contributed by atoms with van der Waals surface area (Å²) in [7, 11) is 0. The smallest absolute Gasteiger partial charge is 0.106 e. The first-order chi connectivity index (χ1) is 8.56. The van der Waals surface area contributed by atoms with Gasteiger partial charge in [-0.15, -0.1) is 0 Å². The van der Waals surface area contributed by atoms with Crippen molar-refractivity contribution < 1.29 is 0 Å². The van der Waals surface area contributed by atoms with E-state index in [1.165, 1.54) is 0 Å². The second-order valence-electron chi connectivity index (χ2n) is 3.87. The molecule has 2 rings (SSSR count). The molecule has 0 amide bonds. The number of nitrogens with two attached hydrogens (primary N) is 1. The van der Waals surface area contributed by atoms with Crippen LogP contribution in [0.1, 0.15) is 11.3 Å². The molecule has 1 aromatic heterocycles. The van der Waals surface area contributed by atoms with E-state index < -0.39 is 0 Å². The van der Waals surface area contributed by atoms with Crippen molar-refractivity contribution in [2.24, 2.45) is 5.73 Å². The van der Waals surface area contributed by atoms with Gasteiger partial charge in [-0.25, -0.2) is 0 Å². The molecule has 0 aliphatic rings. The lowest BCUT2D eigenvalue weighted by Crippen LogP contribution is -2.11. The summed E-state index contributed by atoms with van der Waals surface area (Å²) in [6.45, 7) is 1.95. The highest BCUT2D eigenvalue weighted by atomic mass is 79.9. The predicted octanol–water partition coefficient (Wildman–Crippen LogP) is 3.53. The van der Waals surface area contributed by atoms with Crippen molar-refractivity contribution in [1.82, 2.24) is 4.98 Å². The fourth-order valence-electron chi connectivity index (χ4n) is 1.53. The van der Waals surface area contributed by atoms with Crippen molar-refractivity contribution in [1.29, 1.82) is 0 Å². The van der Waals surface area contributed by atoms with Crippen LogP contribution in [-0.2, 0) is 0 Å². The van der Waals surface area contributed by atoms with Gasteiger partial charge in [0.1, 0.15) is 4.99 Å². The third-order valence-corrected chi connectivity index (χ3v) is 3.15. The van der Waals surface area contributed by atoms with Crippen molar-refractivity contribution in [3.8, 4) is 0 Å². The van der Waals surface area contributed by atoms with Crippen LogP contribution in [0.2, 0.25) is 0 Å². The predicted molar refractivity (Wildman–Crippen MR) is 82.3 cm³/mol. The van der Waals surface area contributed by atoms with Gasteiger partial charge in [-0.1, -0.05) is 28.1 Å². The summed E-state index contributed by atoms with van der Waals surface area (Å²) in [5.74, 6) is 0. The highest BCUT2D eigenvalue weighted by Crippen LogP contribution is 2.24. The number of aryl methyl sites for hydroxylation is 1. The number of rotatable bonds is 3. The van der Waals surface area contributed by atoms with Gasteiger partial charge in [0.15, 0.2) is 0 Å². The van der Waals surface area contributed by atoms with Gasteiger partial charge in [0.05, 0.1) is 11.9 Å². The van der Waals surface area contributed by atoms with Gasteiger partial charge in [0, 0.05) is 21.4 Å². The van der Waals surface area contributed by atoms with Crippen molar-refractivity contribution in [3.05, 3.63) is 52.3 Å². The minimum Gasteiger partial charge on any atom is -0.389 e. The maximum atomic E-state index is 5.70. The molecule has 0 unspecified atom stereocenters. The topological polar surface area (TPSA) is 50.9 Å². The quantitative estimate of drug-likeness (QED) is 0.849. The fourth-order valence-corrected chi connectivity index (χ4v) is 2.07. The van der Waals surface area contributed by atoms with E-state index in [0.29, 0.717) is 4.99 Å². The normalized spacial score (nSPS) is 10.1. The van der Waals surface area contributed by atoms with Crippen LogP contribution in [-0.4, -0.2) is 9.97 Å². The Hall–Kier alpha value is -1.46. The summed E-state index contributed by atoms with van der Waals surface area (Å²) in [5, 5.41) is 3.26. The SMILES string of the molecule is Cc1ccc(Nc2cc(Br)ccc2C(N)=S)cn1. The van der Waals surface area contributed by atoms with Crippen LogP contribution in [0, 0.1) is 6.92 Å². The minimum absolute atomic E-state index is 0.366. The third kappa shape index (κ3) is 3.05. The molecule has 0 aliphatic carbocycles. The Balaban J connectivity index is 2.35. The summed E-state index contributed by atoms with van der Waals surface area (Å²) in [4.78, 5) is 4.60. The molecular formula is C13H12BrN3S. The molecule has 2 aromatic rings. The second-order valence-corrected chi connectivity index (χ2v) is 5.22. The van der Waals surface area contributed by atoms with Crippen LogP contribution < -0.4 is 11.1 Å². The van der Waals surface area contributed by atoms with Gasteiger partial charge in [-0.05, 0) is 37.3 Å². The van der Waals surface area contributed by atoms with E-state index in [1.54, 1.807) is 6.20 Å². The zero-order valence-electron chi connectivity index (χ0n) is 9.77. The molecule has 3 nitrogen and oxygen atoms in total. The Morgan fingerprint density at radius 1 is 1.33 bits per heavy atom.